The summed E-state index contributed by atoms with van der Waals surface area (Å²) in [4.78, 5) is 3.97. The van der Waals surface area contributed by atoms with E-state index in [1.807, 2.05) is 0 Å². The van der Waals surface area contributed by atoms with Crippen LogP contribution >= 0.6 is 0 Å². The summed E-state index contributed by atoms with van der Waals surface area (Å²) in [6.07, 6.45) is 3.52. The van der Waals surface area contributed by atoms with Gasteiger partial charge >= 0.3 is 0 Å². The van der Waals surface area contributed by atoms with Gasteiger partial charge in [0.05, 0.1) is 11.9 Å². The quantitative estimate of drug-likeness (QED) is 0.661. The van der Waals surface area contributed by atoms with E-state index in [1.54, 1.807) is 6.07 Å². The fourth-order valence-corrected chi connectivity index (χ4v) is 1.37. The first-order valence-corrected chi connectivity index (χ1v) is 5.85. The maximum atomic E-state index is 12.6. The van der Waals surface area contributed by atoms with Gasteiger partial charge in [0.1, 0.15) is 5.82 Å². The van der Waals surface area contributed by atoms with Crippen LogP contribution in [0.15, 0.2) is 18.3 Å². The van der Waals surface area contributed by atoms with Crippen molar-refractivity contribution in [3.05, 3.63) is 29.8 Å². The molecule has 3 nitrogen and oxygen atoms in total. The van der Waals surface area contributed by atoms with Crippen molar-refractivity contribution >= 4 is 0 Å². The highest BCUT2D eigenvalue weighted by Crippen LogP contribution is 1.97. The Morgan fingerprint density at radius 3 is 2.69 bits per heavy atom. The Morgan fingerprint density at radius 2 is 2.00 bits per heavy atom. The lowest BCUT2D eigenvalue weighted by Crippen LogP contribution is -2.22. The Kier molecular flexibility index (Phi) is 6.69. The maximum Gasteiger partial charge on any atom is 0.141 e. The Labute approximate surface area is 96.5 Å². The Morgan fingerprint density at radius 1 is 1.19 bits per heavy atom. The average Bonchev–Trinajstić information content (AvgIpc) is 2.30. The monoisotopic (exact) mass is 225 g/mol. The highest BCUT2D eigenvalue weighted by Gasteiger charge is 1.94. The van der Waals surface area contributed by atoms with E-state index in [0.717, 1.165) is 31.7 Å². The molecule has 0 fully saturated rings. The molecule has 0 aliphatic rings. The molecule has 0 radical (unpaired) electrons. The molecule has 16 heavy (non-hydrogen) atoms. The van der Waals surface area contributed by atoms with E-state index >= 15 is 0 Å². The molecular formula is C12H20FN3. The van der Waals surface area contributed by atoms with Crippen molar-refractivity contribution < 1.29 is 4.39 Å². The number of aromatic nitrogens is 1. The molecule has 4 heteroatoms. The van der Waals surface area contributed by atoms with Gasteiger partial charge in [-0.25, -0.2) is 4.39 Å². The topological polar surface area (TPSA) is 37.0 Å². The summed E-state index contributed by atoms with van der Waals surface area (Å²) in [5, 5.41) is 6.61. The van der Waals surface area contributed by atoms with Crippen molar-refractivity contribution in [2.45, 2.75) is 26.3 Å². The van der Waals surface area contributed by atoms with Gasteiger partial charge in [0.15, 0.2) is 0 Å². The first-order valence-electron chi connectivity index (χ1n) is 5.85. The average molecular weight is 225 g/mol. The number of hydrogen-bond donors (Lipinski definition) is 2. The molecular weight excluding hydrogens is 205 g/mol. The van der Waals surface area contributed by atoms with Crippen LogP contribution in [0.5, 0.6) is 0 Å². The van der Waals surface area contributed by atoms with Crippen molar-refractivity contribution in [1.29, 1.82) is 0 Å². The van der Waals surface area contributed by atoms with Crippen molar-refractivity contribution in [2.24, 2.45) is 0 Å². The Balaban J connectivity index is 2.01. The lowest BCUT2D eigenvalue weighted by atomic mass is 10.3. The van der Waals surface area contributed by atoms with Gasteiger partial charge in [-0.05, 0) is 44.6 Å². The summed E-state index contributed by atoms with van der Waals surface area (Å²) in [5.41, 5.74) is 0.878. The third-order valence-corrected chi connectivity index (χ3v) is 2.23. The van der Waals surface area contributed by atoms with Crippen molar-refractivity contribution in [3.8, 4) is 0 Å². The zero-order valence-electron chi connectivity index (χ0n) is 9.80. The van der Waals surface area contributed by atoms with E-state index in [0.29, 0.717) is 6.54 Å². The molecule has 0 amide bonds. The first kappa shape index (κ1) is 13.1. The van der Waals surface area contributed by atoms with Gasteiger partial charge in [0.25, 0.3) is 0 Å². The minimum absolute atomic E-state index is 0.285. The van der Waals surface area contributed by atoms with Crippen molar-refractivity contribution in [1.82, 2.24) is 15.6 Å². The summed E-state index contributed by atoms with van der Waals surface area (Å²) in [6, 6.07) is 3.14. The Hall–Kier alpha value is -1.00. The number of pyridine rings is 1. The van der Waals surface area contributed by atoms with E-state index in [1.165, 1.54) is 18.7 Å². The first-order chi connectivity index (χ1) is 7.83. The zero-order chi connectivity index (χ0) is 11.6. The van der Waals surface area contributed by atoms with Crippen LogP contribution in [0, 0.1) is 5.82 Å². The van der Waals surface area contributed by atoms with E-state index in [-0.39, 0.29) is 5.82 Å². The van der Waals surface area contributed by atoms with Gasteiger partial charge in [-0.1, -0.05) is 6.92 Å². The van der Waals surface area contributed by atoms with Crippen molar-refractivity contribution in [3.63, 3.8) is 0 Å². The standard InChI is InChI=1S/C12H20FN3/c1-2-6-14-7-3-8-15-10-12-5-4-11(13)9-16-12/h4-5,9,14-15H,2-3,6-8,10H2,1H3. The predicted octanol–water partition coefficient (Wildman–Crippen LogP) is 1.70. The lowest BCUT2D eigenvalue weighted by molar-refractivity contribution is 0.584. The molecule has 2 N–H and O–H groups in total. The highest BCUT2D eigenvalue weighted by atomic mass is 19.1. The van der Waals surface area contributed by atoms with Gasteiger partial charge < -0.3 is 10.6 Å². The molecule has 0 unspecified atom stereocenters. The van der Waals surface area contributed by atoms with E-state index in [4.69, 9.17) is 0 Å². The van der Waals surface area contributed by atoms with E-state index in [2.05, 4.69) is 22.5 Å². The normalized spacial score (nSPS) is 10.6. The number of hydrogen-bond acceptors (Lipinski definition) is 3. The predicted molar refractivity (Wildman–Crippen MR) is 63.7 cm³/mol. The fraction of sp³-hybridized carbons (Fsp3) is 0.583. The van der Waals surface area contributed by atoms with Crippen LogP contribution in [-0.2, 0) is 6.54 Å². The Bertz CT molecular complexity index is 274. The second-order valence-corrected chi connectivity index (χ2v) is 3.75. The van der Waals surface area contributed by atoms with Crippen LogP contribution in [0.3, 0.4) is 0 Å². The van der Waals surface area contributed by atoms with Gasteiger partial charge in [-0.15, -0.1) is 0 Å². The number of nitrogens with one attached hydrogen (secondary N) is 2. The summed E-state index contributed by atoms with van der Waals surface area (Å²) in [5.74, 6) is -0.285. The number of rotatable bonds is 8. The van der Waals surface area contributed by atoms with Crippen molar-refractivity contribution in [2.75, 3.05) is 19.6 Å². The van der Waals surface area contributed by atoms with Crippen LogP contribution in [0.4, 0.5) is 4.39 Å². The second kappa shape index (κ2) is 8.19. The largest absolute Gasteiger partial charge is 0.317 e. The summed E-state index contributed by atoms with van der Waals surface area (Å²) >= 11 is 0. The maximum absolute atomic E-state index is 12.6. The van der Waals surface area contributed by atoms with E-state index < -0.39 is 0 Å². The molecule has 1 heterocycles. The van der Waals surface area contributed by atoms with Gasteiger partial charge in [-0.2, -0.15) is 0 Å². The molecule has 1 rings (SSSR count). The molecule has 0 saturated carbocycles. The fourth-order valence-electron chi connectivity index (χ4n) is 1.37. The van der Waals surface area contributed by atoms with Gasteiger partial charge in [0, 0.05) is 6.54 Å². The van der Waals surface area contributed by atoms with Gasteiger partial charge in [0.2, 0.25) is 0 Å². The number of nitrogens with zero attached hydrogens (tertiary/aromatic N) is 1. The summed E-state index contributed by atoms with van der Waals surface area (Å²) in [7, 11) is 0. The van der Waals surface area contributed by atoms with Crippen LogP contribution in [0.1, 0.15) is 25.5 Å². The zero-order valence-corrected chi connectivity index (χ0v) is 9.80. The molecule has 0 saturated heterocycles. The molecule has 0 bridgehead atoms. The van der Waals surface area contributed by atoms with Crippen LogP contribution in [-0.4, -0.2) is 24.6 Å². The molecule has 1 aromatic rings. The summed E-state index contributed by atoms with van der Waals surface area (Å²) < 4.78 is 12.6. The SMILES string of the molecule is CCCNCCCNCc1ccc(F)cn1. The number of halogens is 1. The molecule has 1 aromatic heterocycles. The van der Waals surface area contributed by atoms with E-state index in [9.17, 15) is 4.39 Å². The smallest absolute Gasteiger partial charge is 0.141 e. The molecule has 0 aromatic carbocycles. The molecule has 0 aliphatic carbocycles. The van der Waals surface area contributed by atoms with Crippen LogP contribution in [0.2, 0.25) is 0 Å². The third-order valence-electron chi connectivity index (χ3n) is 2.23. The molecule has 0 aliphatic heterocycles. The third kappa shape index (κ3) is 5.78. The minimum Gasteiger partial charge on any atom is -0.317 e. The van der Waals surface area contributed by atoms with Crippen LogP contribution < -0.4 is 10.6 Å². The highest BCUT2D eigenvalue weighted by molar-refractivity contribution is 5.04. The lowest BCUT2D eigenvalue weighted by Gasteiger charge is -2.05. The minimum atomic E-state index is -0.285. The van der Waals surface area contributed by atoms with Gasteiger partial charge in [-0.3, -0.25) is 4.98 Å². The second-order valence-electron chi connectivity index (χ2n) is 3.75. The van der Waals surface area contributed by atoms with Crippen LogP contribution in [0.25, 0.3) is 0 Å². The summed E-state index contributed by atoms with van der Waals surface area (Å²) in [6.45, 7) is 5.94. The molecule has 0 spiro atoms. The molecule has 90 valence electrons. The molecule has 0 atom stereocenters.